The molecule has 0 saturated carbocycles. The van der Waals surface area contributed by atoms with Gasteiger partial charge in [-0.05, 0) is 45.2 Å². The van der Waals surface area contributed by atoms with E-state index in [4.69, 9.17) is 0 Å². The molecule has 0 spiro atoms. The van der Waals surface area contributed by atoms with E-state index in [1.807, 2.05) is 6.92 Å². The Morgan fingerprint density at radius 3 is 2.58 bits per heavy atom. The fraction of sp³-hybridized carbons (Fsp3) is 0.579. The van der Waals surface area contributed by atoms with Crippen molar-refractivity contribution < 1.29 is 9.59 Å². The molecule has 0 aromatic heterocycles. The SMILES string of the molecule is Cc1ccc(CCN2CCC[C@H]([C@]3(C)NC(=O)N(C)C3=O)C2)cc1. The Morgan fingerprint density at radius 2 is 1.96 bits per heavy atom. The second-order valence-electron chi connectivity index (χ2n) is 7.37. The summed E-state index contributed by atoms with van der Waals surface area (Å²) in [5.74, 6) is 0.0727. The number of nitrogens with zero attached hydrogens (tertiary/aromatic N) is 2. The Hall–Kier alpha value is -1.88. The van der Waals surface area contributed by atoms with Crippen LogP contribution in [0.15, 0.2) is 24.3 Å². The lowest BCUT2D eigenvalue weighted by Gasteiger charge is -2.39. The van der Waals surface area contributed by atoms with Crippen LogP contribution in [0.3, 0.4) is 0 Å². The lowest BCUT2D eigenvalue weighted by atomic mass is 9.80. The highest BCUT2D eigenvalue weighted by molar-refractivity contribution is 6.06. The van der Waals surface area contributed by atoms with Crippen molar-refractivity contribution in [3.63, 3.8) is 0 Å². The van der Waals surface area contributed by atoms with Crippen molar-refractivity contribution >= 4 is 11.9 Å². The lowest BCUT2D eigenvalue weighted by molar-refractivity contribution is -0.132. The zero-order chi connectivity index (χ0) is 17.3. The summed E-state index contributed by atoms with van der Waals surface area (Å²) in [5, 5.41) is 2.91. The van der Waals surface area contributed by atoms with Gasteiger partial charge >= 0.3 is 6.03 Å². The van der Waals surface area contributed by atoms with Crippen molar-refractivity contribution in [1.82, 2.24) is 15.1 Å². The number of hydrogen-bond donors (Lipinski definition) is 1. The van der Waals surface area contributed by atoms with Gasteiger partial charge in [0.1, 0.15) is 5.54 Å². The number of rotatable bonds is 4. The van der Waals surface area contributed by atoms with Crippen LogP contribution >= 0.6 is 0 Å². The topological polar surface area (TPSA) is 52.7 Å². The molecule has 0 aliphatic carbocycles. The molecule has 24 heavy (non-hydrogen) atoms. The predicted octanol–water partition coefficient (Wildman–Crippen LogP) is 2.19. The Bertz CT molecular complexity index is 628. The molecule has 2 aliphatic heterocycles. The first-order valence-corrected chi connectivity index (χ1v) is 8.78. The van der Waals surface area contributed by atoms with E-state index in [1.165, 1.54) is 16.0 Å². The van der Waals surface area contributed by atoms with Crippen LogP contribution in [0.5, 0.6) is 0 Å². The first-order valence-electron chi connectivity index (χ1n) is 8.78. The minimum Gasteiger partial charge on any atom is -0.323 e. The Balaban J connectivity index is 1.61. The van der Waals surface area contributed by atoms with E-state index in [0.717, 1.165) is 38.9 Å². The largest absolute Gasteiger partial charge is 0.324 e. The highest BCUT2D eigenvalue weighted by atomic mass is 16.2. The molecule has 2 aliphatic rings. The predicted molar refractivity (Wildman–Crippen MR) is 93.8 cm³/mol. The van der Waals surface area contributed by atoms with E-state index in [2.05, 4.69) is 41.4 Å². The van der Waals surface area contributed by atoms with Crippen LogP contribution in [0.25, 0.3) is 0 Å². The van der Waals surface area contributed by atoms with Crippen LogP contribution in [0.1, 0.15) is 30.9 Å². The minimum atomic E-state index is -0.756. The van der Waals surface area contributed by atoms with Gasteiger partial charge in [-0.1, -0.05) is 29.8 Å². The maximum Gasteiger partial charge on any atom is 0.324 e. The van der Waals surface area contributed by atoms with E-state index in [9.17, 15) is 9.59 Å². The smallest absolute Gasteiger partial charge is 0.323 e. The molecule has 2 heterocycles. The molecule has 2 atom stereocenters. The van der Waals surface area contributed by atoms with Gasteiger partial charge in [0.15, 0.2) is 0 Å². The maximum atomic E-state index is 12.5. The fourth-order valence-corrected chi connectivity index (χ4v) is 3.85. The standard InChI is InChI=1S/C19H27N3O2/c1-14-6-8-15(9-7-14)10-12-22-11-4-5-16(13-22)19(2)17(23)21(3)18(24)20-19/h6-9,16H,4-5,10-13H2,1-3H3,(H,20,24)/t16-,19-/m0/s1. The monoisotopic (exact) mass is 329 g/mol. The third kappa shape index (κ3) is 3.18. The van der Waals surface area contributed by atoms with E-state index < -0.39 is 5.54 Å². The second kappa shape index (κ2) is 6.55. The molecular formula is C19H27N3O2. The van der Waals surface area contributed by atoms with Crippen LogP contribution in [-0.4, -0.2) is 54.0 Å². The Kier molecular flexibility index (Phi) is 4.63. The Labute approximate surface area is 144 Å². The van der Waals surface area contributed by atoms with Crippen molar-refractivity contribution in [3.05, 3.63) is 35.4 Å². The third-order valence-corrected chi connectivity index (χ3v) is 5.58. The molecule has 0 bridgehead atoms. The number of imide groups is 1. The number of aryl methyl sites for hydroxylation is 1. The molecule has 0 radical (unpaired) electrons. The first-order chi connectivity index (χ1) is 11.4. The third-order valence-electron chi connectivity index (χ3n) is 5.58. The summed E-state index contributed by atoms with van der Waals surface area (Å²) in [5.41, 5.74) is 1.87. The number of likely N-dealkylation sites (tertiary alicyclic amines) is 1. The second-order valence-corrected chi connectivity index (χ2v) is 7.37. The number of carbonyl (C=O) groups is 2. The zero-order valence-electron chi connectivity index (χ0n) is 14.8. The summed E-state index contributed by atoms with van der Waals surface area (Å²) in [6.07, 6.45) is 3.07. The maximum absolute atomic E-state index is 12.5. The van der Waals surface area contributed by atoms with Crippen molar-refractivity contribution in [2.24, 2.45) is 5.92 Å². The summed E-state index contributed by atoms with van der Waals surface area (Å²) >= 11 is 0. The van der Waals surface area contributed by atoms with Crippen molar-refractivity contribution in [3.8, 4) is 0 Å². The molecule has 130 valence electrons. The van der Waals surface area contributed by atoms with Gasteiger partial charge in [0.2, 0.25) is 0 Å². The quantitative estimate of drug-likeness (QED) is 0.862. The molecule has 5 nitrogen and oxygen atoms in total. The van der Waals surface area contributed by atoms with Gasteiger partial charge < -0.3 is 10.2 Å². The van der Waals surface area contributed by atoms with Gasteiger partial charge in [0.25, 0.3) is 5.91 Å². The number of amides is 3. The number of piperidine rings is 1. The van der Waals surface area contributed by atoms with Gasteiger partial charge in [-0.3, -0.25) is 9.69 Å². The van der Waals surface area contributed by atoms with Crippen LogP contribution in [0, 0.1) is 12.8 Å². The van der Waals surface area contributed by atoms with Gasteiger partial charge in [-0.15, -0.1) is 0 Å². The van der Waals surface area contributed by atoms with Crippen molar-refractivity contribution in [2.75, 3.05) is 26.7 Å². The van der Waals surface area contributed by atoms with E-state index >= 15 is 0 Å². The normalized spacial score (nSPS) is 28.3. The van der Waals surface area contributed by atoms with E-state index in [-0.39, 0.29) is 17.9 Å². The Morgan fingerprint density at radius 1 is 1.25 bits per heavy atom. The molecular weight excluding hydrogens is 302 g/mol. The van der Waals surface area contributed by atoms with E-state index in [0.29, 0.717) is 0 Å². The summed E-state index contributed by atoms with van der Waals surface area (Å²) < 4.78 is 0. The summed E-state index contributed by atoms with van der Waals surface area (Å²) in [7, 11) is 1.56. The molecule has 1 N–H and O–H groups in total. The average Bonchev–Trinajstić information content (AvgIpc) is 2.79. The first kappa shape index (κ1) is 17.0. The molecule has 3 amide bonds. The van der Waals surface area contributed by atoms with Gasteiger partial charge in [-0.2, -0.15) is 0 Å². The highest BCUT2D eigenvalue weighted by Crippen LogP contribution is 2.32. The van der Waals surface area contributed by atoms with Gasteiger partial charge in [0, 0.05) is 26.1 Å². The van der Waals surface area contributed by atoms with Crippen molar-refractivity contribution in [1.29, 1.82) is 0 Å². The van der Waals surface area contributed by atoms with Crippen LogP contribution < -0.4 is 5.32 Å². The molecule has 2 fully saturated rings. The number of benzene rings is 1. The zero-order valence-corrected chi connectivity index (χ0v) is 14.8. The number of nitrogens with one attached hydrogen (secondary N) is 1. The number of urea groups is 1. The summed E-state index contributed by atoms with van der Waals surface area (Å²) in [6, 6.07) is 8.40. The van der Waals surface area contributed by atoms with Crippen LogP contribution in [0.4, 0.5) is 4.79 Å². The van der Waals surface area contributed by atoms with E-state index in [1.54, 1.807) is 7.05 Å². The molecule has 2 saturated heterocycles. The lowest BCUT2D eigenvalue weighted by Crippen LogP contribution is -2.55. The van der Waals surface area contributed by atoms with Crippen molar-refractivity contribution in [2.45, 2.75) is 38.6 Å². The van der Waals surface area contributed by atoms with Crippen LogP contribution in [-0.2, 0) is 11.2 Å². The summed E-state index contributed by atoms with van der Waals surface area (Å²) in [4.78, 5) is 28.0. The molecule has 5 heteroatoms. The highest BCUT2D eigenvalue weighted by Gasteiger charge is 2.51. The number of hydrogen-bond acceptors (Lipinski definition) is 3. The molecule has 1 aromatic carbocycles. The minimum absolute atomic E-state index is 0.0992. The average molecular weight is 329 g/mol. The van der Waals surface area contributed by atoms with Gasteiger partial charge in [-0.25, -0.2) is 4.79 Å². The number of likely N-dealkylation sites (N-methyl/N-ethyl adjacent to an activating group) is 1. The molecule has 1 aromatic rings. The number of carbonyl (C=O) groups excluding carboxylic acids is 2. The van der Waals surface area contributed by atoms with Gasteiger partial charge in [0.05, 0.1) is 0 Å². The molecule has 0 unspecified atom stereocenters. The van der Waals surface area contributed by atoms with Crippen LogP contribution in [0.2, 0.25) is 0 Å². The fourth-order valence-electron chi connectivity index (χ4n) is 3.85. The molecule has 3 rings (SSSR count). The summed E-state index contributed by atoms with van der Waals surface area (Å²) in [6.45, 7) is 6.90.